The first-order chi connectivity index (χ1) is 17.7. The van der Waals surface area contributed by atoms with E-state index in [4.69, 9.17) is 35.4 Å². The van der Waals surface area contributed by atoms with Gasteiger partial charge in [0.1, 0.15) is 0 Å². The van der Waals surface area contributed by atoms with E-state index < -0.39 is 0 Å². The van der Waals surface area contributed by atoms with Crippen LogP contribution in [0.4, 0.5) is 17.1 Å². The fourth-order valence-electron chi connectivity index (χ4n) is 4.54. The molecule has 0 saturated heterocycles. The minimum absolute atomic E-state index is 0.205. The van der Waals surface area contributed by atoms with E-state index in [1.54, 1.807) is 16.8 Å². The third kappa shape index (κ3) is 5.20. The number of anilines is 3. The Morgan fingerprint density at radius 2 is 1.81 bits per heavy atom. The molecule has 8 nitrogen and oxygen atoms in total. The number of halogens is 2. The van der Waals surface area contributed by atoms with Gasteiger partial charge >= 0.3 is 0 Å². The predicted molar refractivity (Wildman–Crippen MR) is 151 cm³/mol. The molecule has 2 N–H and O–H groups in total. The third-order valence-corrected chi connectivity index (χ3v) is 7.36. The molecule has 1 aliphatic rings. The number of aromatic amines is 1. The highest BCUT2D eigenvalue weighted by Crippen LogP contribution is 2.48. The summed E-state index contributed by atoms with van der Waals surface area (Å²) in [6.45, 7) is 0. The minimum atomic E-state index is -0.205. The van der Waals surface area contributed by atoms with Crippen molar-refractivity contribution in [1.29, 1.82) is 0 Å². The molecular weight excluding hydrogens is 529 g/mol. The Labute approximate surface area is 229 Å². The van der Waals surface area contributed by atoms with E-state index in [9.17, 15) is 4.79 Å². The van der Waals surface area contributed by atoms with Crippen LogP contribution in [0.5, 0.6) is 0 Å². The van der Waals surface area contributed by atoms with Crippen molar-refractivity contribution in [3.63, 3.8) is 0 Å². The predicted octanol–water partition coefficient (Wildman–Crippen LogP) is 5.94. The Morgan fingerprint density at radius 1 is 1.08 bits per heavy atom. The summed E-state index contributed by atoms with van der Waals surface area (Å²) in [7, 11) is 5.89. The van der Waals surface area contributed by atoms with Crippen molar-refractivity contribution < 1.29 is 4.79 Å². The SMILES string of the molecule is CN(C)c1c(Cl)cc(C2CC2N(C)c2cccc(C(=O)Nc3cccc(-n4[nH]nnc4=S)c3)c2)cc1Cl. The summed E-state index contributed by atoms with van der Waals surface area (Å²) < 4.78 is 1.86. The first-order valence-corrected chi connectivity index (χ1v) is 12.8. The number of nitrogens with zero attached hydrogens (tertiary/aromatic N) is 5. The van der Waals surface area contributed by atoms with Gasteiger partial charge in [-0.3, -0.25) is 4.79 Å². The maximum Gasteiger partial charge on any atom is 0.255 e. The van der Waals surface area contributed by atoms with Gasteiger partial charge in [0.15, 0.2) is 0 Å². The normalized spacial score (nSPS) is 16.4. The third-order valence-electron chi connectivity index (χ3n) is 6.52. The van der Waals surface area contributed by atoms with Crippen LogP contribution in [-0.2, 0) is 0 Å². The van der Waals surface area contributed by atoms with Crippen LogP contribution in [0, 0.1) is 4.77 Å². The lowest BCUT2D eigenvalue weighted by molar-refractivity contribution is 0.102. The highest BCUT2D eigenvalue weighted by molar-refractivity contribution is 7.71. The molecule has 0 spiro atoms. The molecule has 1 fully saturated rings. The van der Waals surface area contributed by atoms with E-state index in [2.05, 4.69) is 25.7 Å². The Kier molecular flexibility index (Phi) is 6.94. The summed E-state index contributed by atoms with van der Waals surface area (Å²) in [5.74, 6) is 0.115. The van der Waals surface area contributed by atoms with Crippen molar-refractivity contribution in [1.82, 2.24) is 20.2 Å². The summed E-state index contributed by atoms with van der Waals surface area (Å²) in [5, 5.41) is 14.5. The van der Waals surface area contributed by atoms with Crippen molar-refractivity contribution in [3.05, 3.63) is 86.6 Å². The Hall–Kier alpha value is -3.40. The van der Waals surface area contributed by atoms with E-state index in [1.165, 1.54) is 0 Å². The monoisotopic (exact) mass is 553 g/mol. The Bertz CT molecular complexity index is 1510. The van der Waals surface area contributed by atoms with Gasteiger partial charge in [-0.05, 0) is 72.7 Å². The maximum atomic E-state index is 13.1. The molecule has 37 heavy (non-hydrogen) atoms. The van der Waals surface area contributed by atoms with Crippen LogP contribution in [-0.4, -0.2) is 53.3 Å². The summed E-state index contributed by atoms with van der Waals surface area (Å²) in [4.78, 5) is 17.2. The highest BCUT2D eigenvalue weighted by Gasteiger charge is 2.42. The molecule has 1 heterocycles. The molecule has 2 unspecified atom stereocenters. The number of H-pyrrole nitrogens is 1. The van der Waals surface area contributed by atoms with Gasteiger partial charge in [-0.1, -0.05) is 45.6 Å². The molecule has 1 saturated carbocycles. The summed E-state index contributed by atoms with van der Waals surface area (Å²) in [6.07, 6.45) is 0.985. The largest absolute Gasteiger partial charge is 0.375 e. The lowest BCUT2D eigenvalue weighted by Crippen LogP contribution is -2.22. The zero-order chi connectivity index (χ0) is 26.3. The second-order valence-corrected chi connectivity index (χ2v) is 10.4. The van der Waals surface area contributed by atoms with Gasteiger partial charge in [-0.15, -0.1) is 0 Å². The average molecular weight is 555 g/mol. The van der Waals surface area contributed by atoms with Crippen LogP contribution in [0.25, 0.3) is 5.69 Å². The molecule has 190 valence electrons. The van der Waals surface area contributed by atoms with Crippen molar-refractivity contribution in [2.45, 2.75) is 18.4 Å². The molecule has 11 heteroatoms. The number of rotatable bonds is 7. The van der Waals surface area contributed by atoms with E-state index in [1.807, 2.05) is 74.6 Å². The molecule has 1 aromatic heterocycles. The van der Waals surface area contributed by atoms with Gasteiger partial charge in [0.2, 0.25) is 4.77 Å². The second-order valence-electron chi connectivity index (χ2n) is 9.22. The summed E-state index contributed by atoms with van der Waals surface area (Å²) in [5.41, 5.74) is 4.83. The zero-order valence-corrected chi connectivity index (χ0v) is 22.8. The fourth-order valence-corrected chi connectivity index (χ4v) is 5.57. The van der Waals surface area contributed by atoms with E-state index in [0.29, 0.717) is 38.0 Å². The van der Waals surface area contributed by atoms with Crippen molar-refractivity contribution in [2.75, 3.05) is 36.3 Å². The molecular formula is C26H25Cl2N7OS. The smallest absolute Gasteiger partial charge is 0.255 e. The summed E-state index contributed by atoms with van der Waals surface area (Å²) >= 11 is 18.2. The molecule has 0 bridgehead atoms. The van der Waals surface area contributed by atoms with Gasteiger partial charge in [0.25, 0.3) is 5.91 Å². The van der Waals surface area contributed by atoms with Crippen LogP contribution in [0.15, 0.2) is 60.7 Å². The molecule has 2 atom stereocenters. The number of benzene rings is 3. The van der Waals surface area contributed by atoms with Gasteiger partial charge in [-0.25, -0.2) is 4.68 Å². The highest BCUT2D eigenvalue weighted by atomic mass is 35.5. The second kappa shape index (κ2) is 10.2. The number of aromatic nitrogens is 4. The average Bonchev–Trinajstić information content (AvgIpc) is 3.56. The van der Waals surface area contributed by atoms with Crippen LogP contribution in [0.1, 0.15) is 28.3 Å². The number of likely N-dealkylation sites (N-methyl/N-ethyl adjacent to an activating group) is 1. The molecule has 0 aliphatic heterocycles. The van der Waals surface area contributed by atoms with Crippen LogP contribution < -0.4 is 15.1 Å². The van der Waals surface area contributed by atoms with Gasteiger partial charge in [0, 0.05) is 50.0 Å². The maximum absolute atomic E-state index is 13.1. The Morgan fingerprint density at radius 3 is 2.49 bits per heavy atom. The topological polar surface area (TPSA) is 82.1 Å². The molecule has 1 amide bonds. The van der Waals surface area contributed by atoms with Crippen molar-refractivity contribution >= 4 is 58.4 Å². The van der Waals surface area contributed by atoms with Gasteiger partial charge < -0.3 is 15.1 Å². The van der Waals surface area contributed by atoms with Crippen molar-refractivity contribution in [3.8, 4) is 5.69 Å². The zero-order valence-electron chi connectivity index (χ0n) is 20.4. The number of amides is 1. The van der Waals surface area contributed by atoms with E-state index in [0.717, 1.165) is 29.0 Å². The molecule has 3 aromatic carbocycles. The number of nitrogens with one attached hydrogen (secondary N) is 2. The molecule has 5 rings (SSSR count). The first-order valence-electron chi connectivity index (χ1n) is 11.6. The van der Waals surface area contributed by atoms with Crippen LogP contribution in [0.2, 0.25) is 10.0 Å². The number of carbonyl (C=O) groups is 1. The first kappa shape index (κ1) is 25.3. The van der Waals surface area contributed by atoms with Gasteiger partial charge in [0.05, 0.1) is 21.4 Å². The minimum Gasteiger partial charge on any atom is -0.375 e. The molecule has 0 radical (unpaired) electrons. The molecule has 4 aromatic rings. The van der Waals surface area contributed by atoms with E-state index in [-0.39, 0.29) is 5.91 Å². The number of tetrazole rings is 1. The van der Waals surface area contributed by atoms with Crippen LogP contribution in [0.3, 0.4) is 0 Å². The van der Waals surface area contributed by atoms with E-state index >= 15 is 0 Å². The number of hydrogen-bond donors (Lipinski definition) is 2. The fraction of sp³-hybridized carbons (Fsp3) is 0.231. The Balaban J connectivity index is 1.30. The lowest BCUT2D eigenvalue weighted by Gasteiger charge is -2.21. The number of carbonyl (C=O) groups excluding carboxylic acids is 1. The molecule has 1 aliphatic carbocycles. The van der Waals surface area contributed by atoms with Gasteiger partial charge in [-0.2, -0.15) is 5.21 Å². The lowest BCUT2D eigenvalue weighted by atomic mass is 10.1. The van der Waals surface area contributed by atoms with Crippen LogP contribution >= 0.6 is 35.4 Å². The van der Waals surface area contributed by atoms with Crippen molar-refractivity contribution in [2.24, 2.45) is 0 Å². The quantitative estimate of drug-likeness (QED) is 0.275. The standard InChI is InChI=1S/C26H25Cl2N7OS/c1-33(2)24-21(27)11-16(12-22(24)28)20-14-23(20)34(3)18-8-4-6-15(10-18)25(36)29-17-7-5-9-19(13-17)35-26(37)30-31-32-35/h4-13,20,23H,14H2,1-3H3,(H,29,36)(H,30,32,37). The summed E-state index contributed by atoms with van der Waals surface area (Å²) in [6, 6.07) is 19.2. The number of hydrogen-bond acceptors (Lipinski definition) is 6.